The van der Waals surface area contributed by atoms with Crippen LogP contribution in [0.15, 0.2) is 29.3 Å². The van der Waals surface area contributed by atoms with Crippen molar-refractivity contribution in [3.05, 3.63) is 29.7 Å². The maximum absolute atomic E-state index is 8.46. The van der Waals surface area contributed by atoms with E-state index in [1.807, 2.05) is 0 Å². The number of methoxy groups -OCH3 is 1. The summed E-state index contributed by atoms with van der Waals surface area (Å²) in [7, 11) is -2.93. The number of nitrogens with zero attached hydrogens (tertiary/aromatic N) is 1. The molecule has 0 heterocycles. The van der Waals surface area contributed by atoms with Gasteiger partial charge in [0, 0.05) is 0 Å². The predicted molar refractivity (Wildman–Crippen MR) is 42.4 cm³/mol. The van der Waals surface area contributed by atoms with Gasteiger partial charge >= 0.3 is 0 Å². The zero-order valence-corrected chi connectivity index (χ0v) is 5.30. The smallest absolute Gasteiger partial charge is 0.118 e. The van der Waals surface area contributed by atoms with E-state index in [4.69, 9.17) is 16.2 Å². The van der Waals surface area contributed by atoms with Gasteiger partial charge in [0.05, 0.1) is 24.2 Å². The molecule has 0 radical (unpaired) electrons. The van der Waals surface area contributed by atoms with Crippen molar-refractivity contribution in [2.24, 2.45) is 5.16 Å². The zero-order valence-electron chi connectivity index (χ0n) is 13.3. The predicted octanol–water partition coefficient (Wildman–Crippen LogP) is 1.50. The van der Waals surface area contributed by atoms with Crippen LogP contribution in [0.3, 0.4) is 0 Å². The second-order valence-corrected chi connectivity index (χ2v) is 1.52. The number of hydrogen-bond acceptors (Lipinski definition) is 3. The fraction of sp³-hybridized carbons (Fsp3) is 0.125. The molecule has 1 N–H and O–H groups in total. The third kappa shape index (κ3) is 1.97. The van der Waals surface area contributed by atoms with Crippen molar-refractivity contribution >= 4 is 6.19 Å². The van der Waals surface area contributed by atoms with Crippen molar-refractivity contribution in [1.82, 2.24) is 0 Å². The quantitative estimate of drug-likeness (QED) is 0.403. The topological polar surface area (TPSA) is 41.8 Å². The Balaban J connectivity index is 3.57. The van der Waals surface area contributed by atoms with Crippen LogP contribution >= 0.6 is 0 Å². The first kappa shape index (κ1) is 2.24. The van der Waals surface area contributed by atoms with Gasteiger partial charge in [0.25, 0.3) is 0 Å². The highest BCUT2D eigenvalue weighted by Crippen LogP contribution is 2.09. The van der Waals surface area contributed by atoms with Crippen LogP contribution in [0.1, 0.15) is 16.5 Å². The third-order valence-corrected chi connectivity index (χ3v) is 0.866. The van der Waals surface area contributed by atoms with Crippen LogP contribution in [0.2, 0.25) is 0 Å². The van der Waals surface area contributed by atoms with E-state index in [-0.39, 0.29) is 0 Å². The van der Waals surface area contributed by atoms with Crippen LogP contribution in [0.25, 0.3) is 0 Å². The first-order valence-electron chi connectivity index (χ1n) is 6.58. The Morgan fingerprint density at radius 1 is 1.73 bits per heavy atom. The summed E-state index contributed by atoms with van der Waals surface area (Å²) in [5.41, 5.74) is -0.546. The normalized spacial score (nSPS) is 22.7. The molecule has 0 fully saturated rings. The van der Waals surface area contributed by atoms with E-state index in [0.29, 0.717) is 0 Å². The fourth-order valence-electron chi connectivity index (χ4n) is 0.458. The fourth-order valence-corrected chi connectivity index (χ4v) is 0.458. The minimum Gasteiger partial charge on any atom is -0.497 e. The standard InChI is InChI=1S/C8H9NO2/c1-11-8-4-2-7(3-5-8)6-9-10/h2-6,10H,1H3/i1D3,2D,3D,4D,5D,6D. The van der Waals surface area contributed by atoms with E-state index in [0.717, 1.165) is 0 Å². The van der Waals surface area contributed by atoms with Gasteiger partial charge in [-0.3, -0.25) is 0 Å². The molecule has 0 saturated heterocycles. The molecule has 0 amide bonds. The minimum absolute atomic E-state index is 0.546. The van der Waals surface area contributed by atoms with Gasteiger partial charge in [0.2, 0.25) is 0 Å². The monoisotopic (exact) mass is 159 g/mol. The molecule has 0 bridgehead atoms. The van der Waals surface area contributed by atoms with Gasteiger partial charge in [-0.2, -0.15) is 0 Å². The number of ether oxygens (including phenoxy) is 1. The molecule has 1 aromatic carbocycles. The average Bonchev–Trinajstić information content (AvgIpc) is 2.31. The first-order chi connectivity index (χ1) is 8.60. The number of benzene rings is 1. The molecule has 0 spiro atoms. The SMILES string of the molecule is [2H]C(=NO)c1c([2H])c([2H])c(OC([2H])([2H])[2H])c([2H])c1[2H]. The second kappa shape index (κ2) is 3.61. The molecule has 58 valence electrons. The van der Waals surface area contributed by atoms with Crippen LogP contribution in [-0.4, -0.2) is 18.4 Å². The van der Waals surface area contributed by atoms with Crippen molar-refractivity contribution < 1.29 is 20.9 Å². The summed E-state index contributed by atoms with van der Waals surface area (Å²) in [6.45, 7) is 0. The highest BCUT2D eigenvalue weighted by Gasteiger charge is 1.89. The molecule has 0 atom stereocenters. The lowest BCUT2D eigenvalue weighted by Gasteiger charge is -1.97. The maximum atomic E-state index is 8.46. The van der Waals surface area contributed by atoms with Crippen LogP contribution in [0, 0.1) is 0 Å². The van der Waals surface area contributed by atoms with E-state index in [1.54, 1.807) is 0 Å². The third-order valence-electron chi connectivity index (χ3n) is 0.866. The molecule has 0 unspecified atom stereocenters. The molecule has 1 aromatic rings. The van der Waals surface area contributed by atoms with Crippen molar-refractivity contribution in [2.45, 2.75) is 0 Å². The molecule has 0 aliphatic carbocycles. The number of rotatable bonds is 2. The van der Waals surface area contributed by atoms with Crippen LogP contribution < -0.4 is 4.74 Å². The Morgan fingerprint density at radius 2 is 2.45 bits per heavy atom. The molecule has 11 heavy (non-hydrogen) atoms. The molecule has 0 aliphatic heterocycles. The molecule has 0 aromatic heterocycles. The largest absolute Gasteiger partial charge is 0.497 e. The van der Waals surface area contributed by atoms with E-state index < -0.39 is 48.7 Å². The van der Waals surface area contributed by atoms with Gasteiger partial charge in [0.1, 0.15) is 5.75 Å². The summed E-state index contributed by atoms with van der Waals surface area (Å²) >= 11 is 0. The lowest BCUT2D eigenvalue weighted by molar-refractivity contribution is 0.322. The first-order valence-corrected chi connectivity index (χ1v) is 2.58. The van der Waals surface area contributed by atoms with E-state index >= 15 is 0 Å². The number of oxime groups is 1. The Morgan fingerprint density at radius 3 is 3.00 bits per heavy atom. The Kier molecular flexibility index (Phi) is 0.733. The van der Waals surface area contributed by atoms with E-state index in [9.17, 15) is 0 Å². The van der Waals surface area contributed by atoms with Crippen LogP contribution in [0.4, 0.5) is 0 Å². The summed E-state index contributed by atoms with van der Waals surface area (Å²) in [4.78, 5) is 0. The molecule has 3 nitrogen and oxygen atoms in total. The summed E-state index contributed by atoms with van der Waals surface area (Å²) in [6.07, 6.45) is -0.863. The lowest BCUT2D eigenvalue weighted by atomic mass is 10.2. The van der Waals surface area contributed by atoms with Crippen molar-refractivity contribution in [1.29, 1.82) is 0 Å². The molecule has 3 heteroatoms. The van der Waals surface area contributed by atoms with Gasteiger partial charge in [-0.1, -0.05) is 5.16 Å². The summed E-state index contributed by atoms with van der Waals surface area (Å²) in [6, 6.07) is -2.97. The minimum atomic E-state index is -2.93. The molecular formula is C8H9NO2. The maximum Gasteiger partial charge on any atom is 0.118 e. The van der Waals surface area contributed by atoms with Crippen molar-refractivity contribution in [2.75, 3.05) is 7.04 Å². The molecule has 0 saturated carbocycles. The Bertz CT molecular complexity index is 510. The summed E-state index contributed by atoms with van der Waals surface area (Å²) in [5.74, 6) is -0.746. The highest BCUT2D eigenvalue weighted by molar-refractivity contribution is 5.79. The zero-order chi connectivity index (χ0) is 15.0. The molecular weight excluding hydrogens is 142 g/mol. The van der Waals surface area contributed by atoms with Gasteiger partial charge < -0.3 is 9.94 Å². The van der Waals surface area contributed by atoms with Gasteiger partial charge in [-0.15, -0.1) is 0 Å². The Labute approximate surface area is 76.2 Å². The highest BCUT2D eigenvalue weighted by atomic mass is 16.5. The van der Waals surface area contributed by atoms with Gasteiger partial charge in [-0.05, 0) is 29.7 Å². The number of hydrogen-bond donors (Lipinski definition) is 1. The van der Waals surface area contributed by atoms with E-state index in [2.05, 4.69) is 9.89 Å². The van der Waals surface area contributed by atoms with Gasteiger partial charge in [-0.25, -0.2) is 0 Å². The van der Waals surface area contributed by atoms with Gasteiger partial charge in [0.15, 0.2) is 0 Å². The lowest BCUT2D eigenvalue weighted by Crippen LogP contribution is -1.83. The summed E-state index contributed by atoms with van der Waals surface area (Å²) < 4.78 is 62.5. The Hall–Kier alpha value is -1.51. The summed E-state index contributed by atoms with van der Waals surface area (Å²) in [5, 5.41) is 11.0. The molecule has 1 rings (SSSR count). The van der Waals surface area contributed by atoms with Crippen LogP contribution in [-0.2, 0) is 0 Å². The van der Waals surface area contributed by atoms with Crippen molar-refractivity contribution in [3.8, 4) is 5.75 Å². The van der Waals surface area contributed by atoms with Crippen molar-refractivity contribution in [3.63, 3.8) is 0 Å². The van der Waals surface area contributed by atoms with E-state index in [1.165, 1.54) is 0 Å². The second-order valence-electron chi connectivity index (χ2n) is 1.52. The average molecular weight is 159 g/mol. The van der Waals surface area contributed by atoms with Crippen LogP contribution in [0.5, 0.6) is 5.75 Å². The molecule has 0 aliphatic rings.